The van der Waals surface area contributed by atoms with Crippen LogP contribution in [-0.2, 0) is 15.0 Å². The first-order valence-electron chi connectivity index (χ1n) is 7.12. The van der Waals surface area contributed by atoms with Gasteiger partial charge in [-0.05, 0) is 19.3 Å². The molecule has 22 heavy (non-hydrogen) atoms. The Morgan fingerprint density at radius 1 is 1.55 bits per heavy atom. The summed E-state index contributed by atoms with van der Waals surface area (Å²) in [4.78, 5) is 17.8. The van der Waals surface area contributed by atoms with Gasteiger partial charge in [-0.2, -0.15) is 12.7 Å². The summed E-state index contributed by atoms with van der Waals surface area (Å²) in [6, 6.07) is -1.06. The number of aliphatic carboxylic acids is 1. The van der Waals surface area contributed by atoms with Crippen molar-refractivity contribution in [1.29, 1.82) is 0 Å². The van der Waals surface area contributed by atoms with Gasteiger partial charge in [-0.25, -0.2) is 9.71 Å². The maximum absolute atomic E-state index is 12.1. The summed E-state index contributed by atoms with van der Waals surface area (Å²) in [6.07, 6.45) is 4.89. The zero-order valence-corrected chi connectivity index (χ0v) is 12.9. The second-order valence-corrected chi connectivity index (χ2v) is 7.04. The molecule has 0 aliphatic carbocycles. The Kier molecular flexibility index (Phi) is 5.51. The highest BCUT2D eigenvalue weighted by Gasteiger charge is 2.29. The molecule has 0 bridgehead atoms. The molecule has 5 N–H and O–H groups in total. The molecule has 2 heterocycles. The summed E-state index contributed by atoms with van der Waals surface area (Å²) in [5, 5.41) is 8.66. The molecule has 2 rings (SSSR count). The number of piperidine rings is 1. The van der Waals surface area contributed by atoms with Crippen molar-refractivity contribution in [2.75, 3.05) is 19.6 Å². The number of hydrogen-bond acceptors (Lipinski definition) is 5. The van der Waals surface area contributed by atoms with E-state index in [9.17, 15) is 13.2 Å². The monoisotopic (exact) mass is 331 g/mol. The molecule has 0 spiro atoms. The first-order chi connectivity index (χ1) is 10.4. The number of carboxylic acids is 1. The Morgan fingerprint density at radius 3 is 2.77 bits per heavy atom. The number of H-pyrrole nitrogens is 1. The molecular weight excluding hydrogens is 310 g/mol. The Bertz CT molecular complexity index is 581. The van der Waals surface area contributed by atoms with Crippen molar-refractivity contribution < 1.29 is 18.3 Å². The fraction of sp³-hybridized carbons (Fsp3) is 0.667. The van der Waals surface area contributed by atoms with Crippen LogP contribution in [0, 0.1) is 0 Å². The summed E-state index contributed by atoms with van der Waals surface area (Å²) >= 11 is 0. The number of carbonyl (C=O) groups is 1. The molecule has 1 aliphatic heterocycles. The SMILES string of the molecule is N[C@@H](CCNS(=O)(=O)N1CCC(c2ncc[nH]2)CC1)C(=O)O. The molecule has 0 radical (unpaired) electrons. The highest BCUT2D eigenvalue weighted by Crippen LogP contribution is 2.26. The molecule has 0 unspecified atom stereocenters. The number of imidazole rings is 1. The van der Waals surface area contributed by atoms with Crippen LogP contribution in [0.15, 0.2) is 12.4 Å². The van der Waals surface area contributed by atoms with E-state index in [0.29, 0.717) is 25.9 Å². The Morgan fingerprint density at radius 2 is 2.23 bits per heavy atom. The minimum absolute atomic E-state index is 0.00785. The molecule has 1 atom stereocenters. The van der Waals surface area contributed by atoms with Crippen molar-refractivity contribution >= 4 is 16.2 Å². The number of aromatic amines is 1. The fourth-order valence-corrected chi connectivity index (χ4v) is 3.68. The fourth-order valence-electron chi connectivity index (χ4n) is 2.43. The predicted octanol–water partition coefficient (Wildman–Crippen LogP) is -0.774. The standard InChI is InChI=1S/C12H21N5O4S/c13-10(12(18)19)1-4-16-22(20,21)17-7-2-9(3-8-17)11-14-5-6-15-11/h5-6,9-10,16H,1-4,7-8,13H2,(H,14,15)(H,18,19)/t10-/m0/s1. The number of nitrogens with one attached hydrogen (secondary N) is 2. The van der Waals surface area contributed by atoms with E-state index in [1.807, 2.05) is 0 Å². The maximum atomic E-state index is 12.1. The lowest BCUT2D eigenvalue weighted by atomic mass is 9.98. The van der Waals surface area contributed by atoms with Crippen LogP contribution in [0.2, 0.25) is 0 Å². The Hall–Kier alpha value is -1.49. The van der Waals surface area contributed by atoms with E-state index in [1.54, 1.807) is 12.4 Å². The highest BCUT2D eigenvalue weighted by molar-refractivity contribution is 7.87. The van der Waals surface area contributed by atoms with Gasteiger partial charge in [0.15, 0.2) is 0 Å². The third-order valence-electron chi connectivity index (χ3n) is 3.76. The van der Waals surface area contributed by atoms with Gasteiger partial charge in [0.2, 0.25) is 0 Å². The molecule has 1 fully saturated rings. The van der Waals surface area contributed by atoms with Crippen LogP contribution in [0.25, 0.3) is 0 Å². The molecule has 0 aromatic carbocycles. The molecule has 1 aromatic heterocycles. The van der Waals surface area contributed by atoms with Crippen LogP contribution in [0.3, 0.4) is 0 Å². The maximum Gasteiger partial charge on any atom is 0.320 e. The summed E-state index contributed by atoms with van der Waals surface area (Å²) in [5.74, 6) is -0.0159. The van der Waals surface area contributed by atoms with E-state index in [2.05, 4.69) is 14.7 Å². The number of carboxylic acid groups (broad SMARTS) is 1. The number of aromatic nitrogens is 2. The topological polar surface area (TPSA) is 141 Å². The van der Waals surface area contributed by atoms with Gasteiger partial charge in [-0.1, -0.05) is 0 Å². The van der Waals surface area contributed by atoms with Gasteiger partial charge in [-0.15, -0.1) is 0 Å². The van der Waals surface area contributed by atoms with E-state index in [4.69, 9.17) is 10.8 Å². The van der Waals surface area contributed by atoms with Gasteiger partial charge in [0.1, 0.15) is 11.9 Å². The first-order valence-corrected chi connectivity index (χ1v) is 8.56. The van der Waals surface area contributed by atoms with Crippen molar-refractivity contribution in [1.82, 2.24) is 19.0 Å². The van der Waals surface area contributed by atoms with Gasteiger partial charge in [-0.3, -0.25) is 4.79 Å². The smallest absolute Gasteiger partial charge is 0.320 e. The number of hydrogen-bond donors (Lipinski definition) is 4. The molecule has 10 heteroatoms. The average Bonchev–Trinajstić information content (AvgIpc) is 3.01. The van der Waals surface area contributed by atoms with Crippen molar-refractivity contribution in [3.05, 3.63) is 18.2 Å². The van der Waals surface area contributed by atoms with Gasteiger partial charge in [0, 0.05) is 37.9 Å². The van der Waals surface area contributed by atoms with Gasteiger partial charge < -0.3 is 15.8 Å². The molecule has 9 nitrogen and oxygen atoms in total. The third-order valence-corrected chi connectivity index (χ3v) is 5.37. The van der Waals surface area contributed by atoms with E-state index < -0.39 is 22.2 Å². The van der Waals surface area contributed by atoms with E-state index in [-0.39, 0.29) is 18.9 Å². The average molecular weight is 331 g/mol. The number of rotatable bonds is 7. The van der Waals surface area contributed by atoms with Crippen molar-refractivity contribution in [3.63, 3.8) is 0 Å². The van der Waals surface area contributed by atoms with Gasteiger partial charge in [0.25, 0.3) is 10.2 Å². The minimum Gasteiger partial charge on any atom is -0.480 e. The molecule has 1 aliphatic rings. The van der Waals surface area contributed by atoms with E-state index in [0.717, 1.165) is 5.82 Å². The van der Waals surface area contributed by atoms with Crippen molar-refractivity contribution in [3.8, 4) is 0 Å². The van der Waals surface area contributed by atoms with Crippen LogP contribution < -0.4 is 10.5 Å². The lowest BCUT2D eigenvalue weighted by molar-refractivity contribution is -0.138. The van der Waals surface area contributed by atoms with E-state index >= 15 is 0 Å². The second kappa shape index (κ2) is 7.18. The van der Waals surface area contributed by atoms with Crippen LogP contribution >= 0.6 is 0 Å². The number of nitrogens with two attached hydrogens (primary N) is 1. The van der Waals surface area contributed by atoms with Crippen LogP contribution in [0.5, 0.6) is 0 Å². The van der Waals surface area contributed by atoms with Crippen LogP contribution in [0.1, 0.15) is 31.0 Å². The Balaban J connectivity index is 1.80. The first kappa shape index (κ1) is 16.9. The molecule has 0 saturated carbocycles. The summed E-state index contributed by atoms with van der Waals surface area (Å²) < 4.78 is 28.0. The zero-order chi connectivity index (χ0) is 16.2. The summed E-state index contributed by atoms with van der Waals surface area (Å²) in [6.45, 7) is 0.825. The molecule has 1 aromatic rings. The summed E-state index contributed by atoms with van der Waals surface area (Å²) in [7, 11) is -3.59. The predicted molar refractivity (Wildman–Crippen MR) is 79.3 cm³/mol. The quantitative estimate of drug-likeness (QED) is 0.517. The van der Waals surface area contributed by atoms with E-state index in [1.165, 1.54) is 4.31 Å². The lowest BCUT2D eigenvalue weighted by Gasteiger charge is -2.30. The second-order valence-electron chi connectivity index (χ2n) is 5.28. The minimum atomic E-state index is -3.59. The zero-order valence-electron chi connectivity index (χ0n) is 12.1. The summed E-state index contributed by atoms with van der Waals surface area (Å²) in [5.41, 5.74) is 5.34. The number of nitrogens with zero attached hydrogens (tertiary/aromatic N) is 2. The molecule has 0 amide bonds. The molecule has 124 valence electrons. The normalized spacial score (nSPS) is 19.1. The molecule has 1 saturated heterocycles. The Labute approximate surface area is 129 Å². The van der Waals surface area contributed by atoms with Gasteiger partial charge in [0.05, 0.1) is 0 Å². The molecular formula is C12H21N5O4S. The lowest BCUT2D eigenvalue weighted by Crippen LogP contribution is -2.46. The third kappa shape index (κ3) is 4.26. The van der Waals surface area contributed by atoms with Crippen molar-refractivity contribution in [2.24, 2.45) is 5.73 Å². The van der Waals surface area contributed by atoms with Crippen molar-refractivity contribution in [2.45, 2.75) is 31.2 Å². The van der Waals surface area contributed by atoms with Gasteiger partial charge >= 0.3 is 5.97 Å². The van der Waals surface area contributed by atoms with Crippen LogP contribution in [0.4, 0.5) is 0 Å². The van der Waals surface area contributed by atoms with Crippen LogP contribution in [-0.4, -0.2) is 59.4 Å². The largest absolute Gasteiger partial charge is 0.480 e. The highest BCUT2D eigenvalue weighted by atomic mass is 32.2.